The monoisotopic (exact) mass is 162 g/mol. The lowest BCUT2D eigenvalue weighted by Gasteiger charge is -2.01. The van der Waals surface area contributed by atoms with Gasteiger partial charge in [-0.05, 0) is 12.1 Å². The van der Waals surface area contributed by atoms with E-state index in [0.29, 0.717) is 0 Å². The van der Waals surface area contributed by atoms with Gasteiger partial charge in [-0.15, -0.1) is 5.10 Å². The molecule has 0 saturated heterocycles. The molecule has 4 heteroatoms. The largest absolute Gasteiger partial charge is 0.352 e. The van der Waals surface area contributed by atoms with E-state index < -0.39 is 0 Å². The van der Waals surface area contributed by atoms with Crippen molar-refractivity contribution in [3.05, 3.63) is 36.9 Å². The summed E-state index contributed by atoms with van der Waals surface area (Å²) >= 11 is 0. The summed E-state index contributed by atoms with van der Waals surface area (Å²) in [4.78, 5) is 0. The molecular formula is C8H10N4. The molecule has 0 aliphatic carbocycles. The van der Waals surface area contributed by atoms with E-state index in [4.69, 9.17) is 0 Å². The van der Waals surface area contributed by atoms with Crippen molar-refractivity contribution in [3.8, 4) is 0 Å². The smallest absolute Gasteiger partial charge is 0.0692 e. The maximum absolute atomic E-state index is 3.87. The molecule has 0 fully saturated rings. The molecule has 62 valence electrons. The second-order valence-corrected chi connectivity index (χ2v) is 2.59. The van der Waals surface area contributed by atoms with E-state index in [1.807, 2.05) is 35.4 Å². The molecule has 12 heavy (non-hydrogen) atoms. The third-order valence-electron chi connectivity index (χ3n) is 1.73. The van der Waals surface area contributed by atoms with Crippen molar-refractivity contribution in [2.75, 3.05) is 0 Å². The fourth-order valence-electron chi connectivity index (χ4n) is 1.09. The van der Waals surface area contributed by atoms with E-state index in [-0.39, 0.29) is 0 Å². The van der Waals surface area contributed by atoms with Gasteiger partial charge in [0, 0.05) is 25.1 Å². The first-order valence-corrected chi connectivity index (χ1v) is 3.90. The molecule has 2 aromatic heterocycles. The minimum absolute atomic E-state index is 0.870. The molecule has 0 aromatic carbocycles. The number of aryl methyl sites for hydroxylation is 2. The average molecular weight is 162 g/mol. The van der Waals surface area contributed by atoms with E-state index in [2.05, 4.69) is 14.9 Å². The summed E-state index contributed by atoms with van der Waals surface area (Å²) in [7, 11) is 0. The topological polar surface area (TPSA) is 35.6 Å². The molecule has 0 radical (unpaired) electrons. The summed E-state index contributed by atoms with van der Waals surface area (Å²) in [6.45, 7) is 1.81. The van der Waals surface area contributed by atoms with E-state index >= 15 is 0 Å². The highest BCUT2D eigenvalue weighted by Gasteiger charge is 1.91. The highest BCUT2D eigenvalue weighted by atomic mass is 15.4. The first kappa shape index (κ1) is 7.09. The Morgan fingerprint density at radius 1 is 1.00 bits per heavy atom. The van der Waals surface area contributed by atoms with E-state index in [9.17, 15) is 0 Å². The van der Waals surface area contributed by atoms with Crippen molar-refractivity contribution in [1.82, 2.24) is 19.6 Å². The Kier molecular flexibility index (Phi) is 1.90. The van der Waals surface area contributed by atoms with Crippen molar-refractivity contribution >= 4 is 0 Å². The Bertz CT molecular complexity index is 274. The summed E-state index contributed by atoms with van der Waals surface area (Å²) in [5.41, 5.74) is 0. The number of aromatic nitrogens is 4. The Hall–Kier alpha value is -1.58. The van der Waals surface area contributed by atoms with E-state index in [0.717, 1.165) is 13.1 Å². The first-order valence-electron chi connectivity index (χ1n) is 3.90. The van der Waals surface area contributed by atoms with Gasteiger partial charge in [-0.3, -0.25) is 4.68 Å². The van der Waals surface area contributed by atoms with Crippen LogP contribution in [0.5, 0.6) is 0 Å². The van der Waals surface area contributed by atoms with Crippen LogP contribution < -0.4 is 0 Å². The van der Waals surface area contributed by atoms with Gasteiger partial charge in [-0.2, -0.15) is 0 Å². The highest BCUT2D eigenvalue weighted by Crippen LogP contribution is 1.91. The molecule has 0 aliphatic heterocycles. The lowest BCUT2D eigenvalue weighted by molar-refractivity contribution is 0.520. The van der Waals surface area contributed by atoms with Gasteiger partial charge < -0.3 is 4.57 Å². The summed E-state index contributed by atoms with van der Waals surface area (Å²) in [6.07, 6.45) is 7.63. The molecule has 0 atom stereocenters. The standard InChI is InChI=1S/C8H10N4/c1-2-5-11(4-1)7-8-12-6-3-9-10-12/h1-6H,7-8H2. The molecule has 2 aromatic rings. The predicted molar refractivity (Wildman–Crippen MR) is 44.5 cm³/mol. The van der Waals surface area contributed by atoms with Crippen LogP contribution in [0, 0.1) is 0 Å². The molecule has 4 nitrogen and oxygen atoms in total. The summed E-state index contributed by atoms with van der Waals surface area (Å²) in [5.74, 6) is 0. The summed E-state index contributed by atoms with van der Waals surface area (Å²) in [5, 5.41) is 7.59. The molecule has 0 unspecified atom stereocenters. The fourth-order valence-corrected chi connectivity index (χ4v) is 1.09. The van der Waals surface area contributed by atoms with Gasteiger partial charge in [-0.25, -0.2) is 0 Å². The first-order chi connectivity index (χ1) is 5.95. The van der Waals surface area contributed by atoms with Crippen LogP contribution in [0.2, 0.25) is 0 Å². The second-order valence-electron chi connectivity index (χ2n) is 2.59. The normalized spacial score (nSPS) is 10.3. The van der Waals surface area contributed by atoms with E-state index in [1.165, 1.54) is 0 Å². The zero-order chi connectivity index (χ0) is 8.23. The third kappa shape index (κ3) is 1.53. The van der Waals surface area contributed by atoms with Crippen LogP contribution in [0.3, 0.4) is 0 Å². The molecule has 2 heterocycles. The van der Waals surface area contributed by atoms with Gasteiger partial charge in [0.1, 0.15) is 0 Å². The molecule has 0 N–H and O–H groups in total. The Morgan fingerprint density at radius 2 is 1.83 bits per heavy atom. The van der Waals surface area contributed by atoms with Gasteiger partial charge in [0.25, 0.3) is 0 Å². The average Bonchev–Trinajstić information content (AvgIpc) is 2.74. The van der Waals surface area contributed by atoms with Crippen LogP contribution in [0.4, 0.5) is 0 Å². The minimum atomic E-state index is 0.870. The molecule has 0 spiro atoms. The fraction of sp³-hybridized carbons (Fsp3) is 0.250. The van der Waals surface area contributed by atoms with Crippen LogP contribution in [0.15, 0.2) is 36.9 Å². The number of nitrogens with zero attached hydrogens (tertiary/aromatic N) is 4. The van der Waals surface area contributed by atoms with Gasteiger partial charge in [0.05, 0.1) is 12.7 Å². The quantitative estimate of drug-likeness (QED) is 0.668. The Morgan fingerprint density at radius 3 is 2.50 bits per heavy atom. The summed E-state index contributed by atoms with van der Waals surface area (Å²) in [6, 6.07) is 4.03. The van der Waals surface area contributed by atoms with Crippen LogP contribution in [0.25, 0.3) is 0 Å². The molecule has 0 aliphatic rings. The van der Waals surface area contributed by atoms with Gasteiger partial charge in [0.15, 0.2) is 0 Å². The molecule has 0 bridgehead atoms. The Balaban J connectivity index is 1.91. The maximum Gasteiger partial charge on any atom is 0.0692 e. The molecule has 0 amide bonds. The second kappa shape index (κ2) is 3.21. The van der Waals surface area contributed by atoms with Gasteiger partial charge in [-0.1, -0.05) is 5.21 Å². The van der Waals surface area contributed by atoms with E-state index in [1.54, 1.807) is 6.20 Å². The van der Waals surface area contributed by atoms with Crippen molar-refractivity contribution in [3.63, 3.8) is 0 Å². The SMILES string of the molecule is c1ccn(CCn2ccnn2)c1. The van der Waals surface area contributed by atoms with Crippen molar-refractivity contribution < 1.29 is 0 Å². The molecule has 2 rings (SSSR count). The zero-order valence-corrected chi connectivity index (χ0v) is 6.67. The maximum atomic E-state index is 3.87. The minimum Gasteiger partial charge on any atom is -0.352 e. The van der Waals surface area contributed by atoms with Crippen LogP contribution in [-0.4, -0.2) is 19.6 Å². The Labute approximate surface area is 70.4 Å². The molecule has 0 saturated carbocycles. The third-order valence-corrected chi connectivity index (χ3v) is 1.73. The summed E-state index contributed by atoms with van der Waals surface area (Å²) < 4.78 is 3.93. The van der Waals surface area contributed by atoms with Crippen molar-refractivity contribution in [2.45, 2.75) is 13.1 Å². The zero-order valence-electron chi connectivity index (χ0n) is 6.67. The van der Waals surface area contributed by atoms with Crippen LogP contribution in [-0.2, 0) is 13.1 Å². The van der Waals surface area contributed by atoms with Crippen LogP contribution in [0.1, 0.15) is 0 Å². The number of hydrogen-bond acceptors (Lipinski definition) is 2. The van der Waals surface area contributed by atoms with Crippen molar-refractivity contribution in [1.29, 1.82) is 0 Å². The lowest BCUT2D eigenvalue weighted by atomic mass is 10.6. The van der Waals surface area contributed by atoms with Crippen molar-refractivity contribution in [2.24, 2.45) is 0 Å². The number of rotatable bonds is 3. The number of hydrogen-bond donors (Lipinski definition) is 0. The predicted octanol–water partition coefficient (Wildman–Crippen LogP) is 0.780. The van der Waals surface area contributed by atoms with Crippen LogP contribution >= 0.6 is 0 Å². The lowest BCUT2D eigenvalue weighted by Crippen LogP contribution is -2.06. The highest BCUT2D eigenvalue weighted by molar-refractivity contribution is 4.89. The van der Waals surface area contributed by atoms with Gasteiger partial charge >= 0.3 is 0 Å². The van der Waals surface area contributed by atoms with Gasteiger partial charge in [0.2, 0.25) is 0 Å². The molecular weight excluding hydrogens is 152 g/mol.